The van der Waals surface area contributed by atoms with Crippen molar-refractivity contribution in [3.8, 4) is 0 Å². The van der Waals surface area contributed by atoms with E-state index < -0.39 is 16.0 Å². The van der Waals surface area contributed by atoms with Crippen LogP contribution in [0.3, 0.4) is 0 Å². The molecule has 0 heterocycles. The average Bonchev–Trinajstić information content (AvgIpc) is 2.31. The highest BCUT2D eigenvalue weighted by atomic mass is 32.2. The third-order valence-electron chi connectivity index (χ3n) is 2.35. The molecule has 5 heteroatoms. The predicted molar refractivity (Wildman–Crippen MR) is 72.2 cm³/mol. The molecule has 0 fully saturated rings. The van der Waals surface area contributed by atoms with Crippen LogP contribution in [0.1, 0.15) is 20.3 Å². The fraction of sp³-hybridized carbons (Fsp3) is 0.417. The summed E-state index contributed by atoms with van der Waals surface area (Å²) >= 11 is 0. The first-order chi connectivity index (χ1) is 8.04. The zero-order valence-electron chi connectivity index (χ0n) is 10.1. The molecule has 3 N–H and O–H groups in total. The number of nitrogens with one attached hydrogen (secondary N) is 1. The van der Waals surface area contributed by atoms with E-state index in [1.54, 1.807) is 31.2 Å². The smallest absolute Gasteiger partial charge is 0.239 e. The van der Waals surface area contributed by atoms with Crippen LogP contribution in [0.5, 0.6) is 0 Å². The fourth-order valence-electron chi connectivity index (χ4n) is 1.31. The molecule has 0 aromatic heterocycles. The Morgan fingerprint density at radius 2 is 2.00 bits per heavy atom. The zero-order valence-corrected chi connectivity index (χ0v) is 10.9. The quantitative estimate of drug-likeness (QED) is 0.786. The summed E-state index contributed by atoms with van der Waals surface area (Å²) in [6.45, 7) is 3.63. The summed E-state index contributed by atoms with van der Waals surface area (Å²) in [5, 5.41) is 2.23. The maximum Gasteiger partial charge on any atom is 0.239 e. The minimum atomic E-state index is -1.11. The van der Waals surface area contributed by atoms with Gasteiger partial charge in [-0.2, -0.15) is 0 Å². The fourth-order valence-corrected chi connectivity index (χ4v) is 2.36. The van der Waals surface area contributed by atoms with Crippen molar-refractivity contribution in [3.05, 3.63) is 24.3 Å². The van der Waals surface area contributed by atoms with Gasteiger partial charge >= 0.3 is 0 Å². The van der Waals surface area contributed by atoms with E-state index in [2.05, 4.69) is 5.32 Å². The standard InChI is InChI=1S/C12H18N2O2S/c1-3-8-17(16)9(2)12(15)14-11-6-4-10(13)5-7-11/h4-7,9H,3,8,13H2,1-2H3,(H,14,15). The Morgan fingerprint density at radius 3 is 2.53 bits per heavy atom. The molecule has 0 saturated heterocycles. The number of nitrogen functional groups attached to an aromatic ring is 1. The predicted octanol–water partition coefficient (Wildman–Crippen LogP) is 1.75. The molecule has 17 heavy (non-hydrogen) atoms. The minimum absolute atomic E-state index is 0.221. The van der Waals surface area contributed by atoms with E-state index in [4.69, 9.17) is 5.73 Å². The number of amides is 1. The molecular formula is C12H18N2O2S. The molecule has 0 bridgehead atoms. The lowest BCUT2D eigenvalue weighted by atomic mass is 10.3. The number of hydrogen-bond donors (Lipinski definition) is 2. The number of benzene rings is 1. The van der Waals surface area contributed by atoms with Crippen molar-refractivity contribution < 1.29 is 9.00 Å². The monoisotopic (exact) mass is 254 g/mol. The van der Waals surface area contributed by atoms with Crippen LogP contribution >= 0.6 is 0 Å². The third kappa shape index (κ3) is 4.19. The lowest BCUT2D eigenvalue weighted by Gasteiger charge is -2.11. The number of carbonyl (C=O) groups is 1. The topological polar surface area (TPSA) is 72.2 Å². The second-order valence-electron chi connectivity index (χ2n) is 3.84. The molecule has 1 aromatic rings. The lowest BCUT2D eigenvalue weighted by Crippen LogP contribution is -2.30. The van der Waals surface area contributed by atoms with Crippen molar-refractivity contribution in [3.63, 3.8) is 0 Å². The molecular weight excluding hydrogens is 236 g/mol. The Balaban J connectivity index is 2.59. The Hall–Kier alpha value is -1.36. The van der Waals surface area contributed by atoms with E-state index >= 15 is 0 Å². The molecule has 0 aliphatic rings. The van der Waals surface area contributed by atoms with Gasteiger partial charge in [0.2, 0.25) is 5.91 Å². The second kappa shape index (κ2) is 6.39. The van der Waals surface area contributed by atoms with E-state index in [1.807, 2.05) is 6.92 Å². The molecule has 1 amide bonds. The normalized spacial score (nSPS) is 14.0. The minimum Gasteiger partial charge on any atom is -0.399 e. The summed E-state index contributed by atoms with van der Waals surface area (Å²) in [6, 6.07) is 6.87. The van der Waals surface area contributed by atoms with Crippen LogP contribution in [-0.4, -0.2) is 21.1 Å². The number of hydrogen-bond acceptors (Lipinski definition) is 3. The van der Waals surface area contributed by atoms with Gasteiger partial charge in [0.1, 0.15) is 5.25 Å². The summed E-state index contributed by atoms with van der Waals surface area (Å²) in [7, 11) is -1.11. The van der Waals surface area contributed by atoms with Gasteiger partial charge in [-0.25, -0.2) is 0 Å². The first kappa shape index (κ1) is 13.7. The van der Waals surface area contributed by atoms with Crippen LogP contribution in [0.4, 0.5) is 11.4 Å². The van der Waals surface area contributed by atoms with Crippen LogP contribution in [-0.2, 0) is 15.6 Å². The molecule has 0 aliphatic carbocycles. The number of anilines is 2. The van der Waals surface area contributed by atoms with Gasteiger partial charge in [0.05, 0.1) is 0 Å². The van der Waals surface area contributed by atoms with Crippen molar-refractivity contribution in [1.82, 2.24) is 0 Å². The summed E-state index contributed by atoms with van der Waals surface area (Å²) in [5.41, 5.74) is 6.86. The maximum atomic E-state index is 11.8. The van der Waals surface area contributed by atoms with Gasteiger partial charge in [-0.3, -0.25) is 9.00 Å². The SMILES string of the molecule is CCCS(=O)C(C)C(=O)Nc1ccc(N)cc1. The molecule has 0 spiro atoms. The summed E-state index contributed by atoms with van der Waals surface area (Å²) in [4.78, 5) is 11.8. The molecule has 1 rings (SSSR count). The summed E-state index contributed by atoms with van der Waals surface area (Å²) < 4.78 is 11.7. The van der Waals surface area contributed by atoms with Crippen molar-refractivity contribution in [1.29, 1.82) is 0 Å². The van der Waals surface area contributed by atoms with Gasteiger partial charge in [0.15, 0.2) is 0 Å². The van der Waals surface area contributed by atoms with Gasteiger partial charge in [0, 0.05) is 27.9 Å². The Labute approximate surface area is 104 Å². The van der Waals surface area contributed by atoms with Crippen LogP contribution in [0.15, 0.2) is 24.3 Å². The van der Waals surface area contributed by atoms with Gasteiger partial charge in [0.25, 0.3) is 0 Å². The van der Waals surface area contributed by atoms with Crippen LogP contribution < -0.4 is 11.1 Å². The summed E-state index contributed by atoms with van der Waals surface area (Å²) in [5.74, 6) is 0.331. The second-order valence-corrected chi connectivity index (χ2v) is 5.72. The van der Waals surface area contributed by atoms with Gasteiger partial charge in [-0.05, 0) is 37.6 Å². The van der Waals surface area contributed by atoms with Gasteiger partial charge in [-0.15, -0.1) is 0 Å². The van der Waals surface area contributed by atoms with Gasteiger partial charge < -0.3 is 11.1 Å². The van der Waals surface area contributed by atoms with Crippen LogP contribution in [0.2, 0.25) is 0 Å². The van der Waals surface area contributed by atoms with E-state index in [1.165, 1.54) is 0 Å². The zero-order chi connectivity index (χ0) is 12.8. The molecule has 2 atom stereocenters. The first-order valence-corrected chi connectivity index (χ1v) is 6.96. The van der Waals surface area contributed by atoms with Crippen LogP contribution in [0, 0.1) is 0 Å². The van der Waals surface area contributed by atoms with E-state index in [0.717, 1.165) is 6.42 Å². The number of carbonyl (C=O) groups excluding carboxylic acids is 1. The summed E-state index contributed by atoms with van der Waals surface area (Å²) in [6.07, 6.45) is 0.812. The first-order valence-electron chi connectivity index (χ1n) is 5.58. The molecule has 4 nitrogen and oxygen atoms in total. The molecule has 2 unspecified atom stereocenters. The third-order valence-corrected chi connectivity index (χ3v) is 4.16. The van der Waals surface area contributed by atoms with Gasteiger partial charge in [-0.1, -0.05) is 6.92 Å². The van der Waals surface area contributed by atoms with E-state index in [9.17, 15) is 9.00 Å². The average molecular weight is 254 g/mol. The highest BCUT2D eigenvalue weighted by Gasteiger charge is 2.18. The van der Waals surface area contributed by atoms with Crippen molar-refractivity contribution in [2.45, 2.75) is 25.5 Å². The van der Waals surface area contributed by atoms with Crippen LogP contribution in [0.25, 0.3) is 0 Å². The van der Waals surface area contributed by atoms with Crippen molar-refractivity contribution in [2.24, 2.45) is 0 Å². The molecule has 0 radical (unpaired) electrons. The molecule has 0 saturated carbocycles. The largest absolute Gasteiger partial charge is 0.399 e. The van der Waals surface area contributed by atoms with E-state index in [-0.39, 0.29) is 5.91 Å². The number of rotatable bonds is 5. The highest BCUT2D eigenvalue weighted by Crippen LogP contribution is 2.11. The van der Waals surface area contributed by atoms with E-state index in [0.29, 0.717) is 17.1 Å². The highest BCUT2D eigenvalue weighted by molar-refractivity contribution is 7.86. The van der Waals surface area contributed by atoms with Crippen molar-refractivity contribution >= 4 is 28.1 Å². The number of nitrogens with two attached hydrogens (primary N) is 1. The Morgan fingerprint density at radius 1 is 1.41 bits per heavy atom. The molecule has 94 valence electrons. The molecule has 1 aromatic carbocycles. The maximum absolute atomic E-state index is 11.8. The Bertz CT molecular complexity index is 403. The Kier molecular flexibility index (Phi) is 5.15. The molecule has 0 aliphatic heterocycles. The van der Waals surface area contributed by atoms with Crippen molar-refractivity contribution in [2.75, 3.05) is 16.8 Å². The lowest BCUT2D eigenvalue weighted by molar-refractivity contribution is -0.115.